The molecule has 1 fully saturated rings. The SMILES string of the molecule is Cc1cn([C@@H]2OC(CO)(CO)[C@@H](C)[C@@H]2F)c(=O)[nH]c1=O. The summed E-state index contributed by atoms with van der Waals surface area (Å²) in [4.78, 5) is 25.1. The van der Waals surface area contributed by atoms with Crippen LogP contribution in [-0.4, -0.2) is 44.8 Å². The smallest absolute Gasteiger partial charge is 0.330 e. The Labute approximate surface area is 113 Å². The number of rotatable bonds is 3. The molecule has 0 radical (unpaired) electrons. The molecule has 1 aliphatic rings. The molecule has 7 nitrogen and oxygen atoms in total. The number of nitrogens with one attached hydrogen (secondary N) is 1. The Balaban J connectivity index is 2.47. The van der Waals surface area contributed by atoms with Crippen LogP contribution in [0.25, 0.3) is 0 Å². The quantitative estimate of drug-likeness (QED) is 0.666. The summed E-state index contributed by atoms with van der Waals surface area (Å²) in [6, 6.07) is 0. The zero-order valence-corrected chi connectivity index (χ0v) is 11.2. The van der Waals surface area contributed by atoms with Gasteiger partial charge in [0, 0.05) is 17.7 Å². The minimum absolute atomic E-state index is 0.235. The average Bonchev–Trinajstić information content (AvgIpc) is 2.68. The van der Waals surface area contributed by atoms with E-state index in [1.54, 1.807) is 0 Å². The molecule has 1 saturated heterocycles. The van der Waals surface area contributed by atoms with Crippen molar-refractivity contribution in [2.45, 2.75) is 31.8 Å². The number of aromatic nitrogens is 2. The van der Waals surface area contributed by atoms with Crippen LogP contribution in [0.2, 0.25) is 0 Å². The summed E-state index contributed by atoms with van der Waals surface area (Å²) in [6.45, 7) is 1.82. The summed E-state index contributed by atoms with van der Waals surface area (Å²) >= 11 is 0. The van der Waals surface area contributed by atoms with Crippen molar-refractivity contribution in [3.63, 3.8) is 0 Å². The van der Waals surface area contributed by atoms with E-state index in [0.717, 1.165) is 4.57 Å². The number of aryl methyl sites for hydroxylation is 1. The number of aliphatic hydroxyl groups is 2. The molecular weight excluding hydrogens is 271 g/mol. The molecule has 3 atom stereocenters. The highest BCUT2D eigenvalue weighted by molar-refractivity contribution is 5.04. The standard InChI is InChI=1S/C12H17FN2O5/c1-6-3-15(11(19)14-9(6)18)10-8(13)7(2)12(4-16,5-17)20-10/h3,7-8,10,16-17H,4-5H2,1-2H3,(H,14,18,19)/t7-,8-,10+/m0/s1. The van der Waals surface area contributed by atoms with Gasteiger partial charge in [0.25, 0.3) is 5.56 Å². The topological polar surface area (TPSA) is 105 Å². The number of nitrogens with zero attached hydrogens (tertiary/aromatic N) is 1. The first kappa shape index (κ1) is 14.9. The number of halogens is 1. The van der Waals surface area contributed by atoms with Crippen LogP contribution in [0.5, 0.6) is 0 Å². The fraction of sp³-hybridized carbons (Fsp3) is 0.667. The molecule has 1 aromatic rings. The molecule has 0 aromatic carbocycles. The fourth-order valence-corrected chi connectivity index (χ4v) is 2.35. The molecule has 0 spiro atoms. The third-order valence-electron chi connectivity index (χ3n) is 3.89. The zero-order chi connectivity index (χ0) is 15.1. The maximum absolute atomic E-state index is 14.3. The maximum atomic E-state index is 14.3. The fourth-order valence-electron chi connectivity index (χ4n) is 2.35. The predicted octanol–water partition coefficient (Wildman–Crippen LogP) is -0.929. The Morgan fingerprint density at radius 2 is 2.05 bits per heavy atom. The van der Waals surface area contributed by atoms with Crippen LogP contribution in [0.3, 0.4) is 0 Å². The van der Waals surface area contributed by atoms with Crippen molar-refractivity contribution in [1.29, 1.82) is 0 Å². The van der Waals surface area contributed by atoms with E-state index in [1.165, 1.54) is 20.0 Å². The summed E-state index contributed by atoms with van der Waals surface area (Å²) in [7, 11) is 0. The van der Waals surface area contributed by atoms with Gasteiger partial charge in [-0.25, -0.2) is 9.18 Å². The molecule has 1 aromatic heterocycles. The van der Waals surface area contributed by atoms with E-state index in [-0.39, 0.29) is 5.56 Å². The van der Waals surface area contributed by atoms with Gasteiger partial charge < -0.3 is 14.9 Å². The molecule has 0 amide bonds. The van der Waals surface area contributed by atoms with Gasteiger partial charge in [0.1, 0.15) is 5.60 Å². The van der Waals surface area contributed by atoms with Crippen LogP contribution < -0.4 is 11.2 Å². The number of hydrogen-bond donors (Lipinski definition) is 3. The molecule has 112 valence electrons. The minimum atomic E-state index is -1.60. The molecule has 3 N–H and O–H groups in total. The molecule has 0 saturated carbocycles. The maximum Gasteiger partial charge on any atom is 0.330 e. The number of hydrogen-bond acceptors (Lipinski definition) is 5. The lowest BCUT2D eigenvalue weighted by molar-refractivity contribution is -0.136. The monoisotopic (exact) mass is 288 g/mol. The second-order valence-electron chi connectivity index (χ2n) is 5.10. The first-order chi connectivity index (χ1) is 9.36. The Kier molecular flexibility index (Phi) is 3.81. The van der Waals surface area contributed by atoms with Crippen LogP contribution in [-0.2, 0) is 4.74 Å². The van der Waals surface area contributed by atoms with E-state index in [1.807, 2.05) is 0 Å². The van der Waals surface area contributed by atoms with Crippen molar-refractivity contribution in [2.75, 3.05) is 13.2 Å². The molecule has 1 aliphatic heterocycles. The molecule has 0 unspecified atom stereocenters. The number of alkyl halides is 1. The highest BCUT2D eigenvalue weighted by Gasteiger charge is 2.53. The highest BCUT2D eigenvalue weighted by atomic mass is 19.1. The van der Waals surface area contributed by atoms with Gasteiger partial charge in [-0.1, -0.05) is 6.92 Å². The van der Waals surface area contributed by atoms with Crippen LogP contribution >= 0.6 is 0 Å². The van der Waals surface area contributed by atoms with Gasteiger partial charge in [-0.3, -0.25) is 14.3 Å². The zero-order valence-electron chi connectivity index (χ0n) is 11.2. The van der Waals surface area contributed by atoms with E-state index in [2.05, 4.69) is 4.98 Å². The molecular formula is C12H17FN2O5. The van der Waals surface area contributed by atoms with E-state index in [9.17, 15) is 24.2 Å². The van der Waals surface area contributed by atoms with Crippen molar-refractivity contribution in [1.82, 2.24) is 9.55 Å². The molecule has 0 aliphatic carbocycles. The highest BCUT2D eigenvalue weighted by Crippen LogP contribution is 2.42. The molecule has 20 heavy (non-hydrogen) atoms. The molecule has 8 heteroatoms. The van der Waals surface area contributed by atoms with Gasteiger partial charge in [-0.05, 0) is 6.92 Å². The number of ether oxygens (including phenoxy) is 1. The van der Waals surface area contributed by atoms with E-state index in [0.29, 0.717) is 0 Å². The Hall–Kier alpha value is -1.51. The van der Waals surface area contributed by atoms with E-state index in [4.69, 9.17) is 4.74 Å². The third-order valence-corrected chi connectivity index (χ3v) is 3.89. The molecule has 2 rings (SSSR count). The van der Waals surface area contributed by atoms with Crippen LogP contribution in [0.15, 0.2) is 15.8 Å². The Morgan fingerprint density at radius 3 is 2.55 bits per heavy atom. The van der Waals surface area contributed by atoms with Crippen molar-refractivity contribution < 1.29 is 19.3 Å². The van der Waals surface area contributed by atoms with Crippen molar-refractivity contribution in [3.8, 4) is 0 Å². The lowest BCUT2D eigenvalue weighted by Gasteiger charge is -2.28. The Morgan fingerprint density at radius 1 is 1.45 bits per heavy atom. The summed E-state index contributed by atoms with van der Waals surface area (Å²) in [5.41, 5.74) is -2.57. The number of aliphatic hydroxyl groups excluding tert-OH is 2. The van der Waals surface area contributed by atoms with E-state index < -0.39 is 48.4 Å². The molecule has 0 bridgehead atoms. The van der Waals surface area contributed by atoms with Gasteiger partial charge >= 0.3 is 5.69 Å². The lowest BCUT2D eigenvalue weighted by atomic mass is 9.89. The van der Waals surface area contributed by atoms with Crippen molar-refractivity contribution in [2.24, 2.45) is 5.92 Å². The first-order valence-corrected chi connectivity index (χ1v) is 6.22. The summed E-state index contributed by atoms with van der Waals surface area (Å²) in [5.74, 6) is -0.804. The summed E-state index contributed by atoms with van der Waals surface area (Å²) < 4.78 is 20.7. The lowest BCUT2D eigenvalue weighted by Crippen LogP contribution is -2.43. The second-order valence-corrected chi connectivity index (χ2v) is 5.10. The van der Waals surface area contributed by atoms with Gasteiger partial charge in [-0.2, -0.15) is 0 Å². The minimum Gasteiger partial charge on any atom is -0.393 e. The first-order valence-electron chi connectivity index (χ1n) is 6.22. The summed E-state index contributed by atoms with van der Waals surface area (Å²) in [6.07, 6.45) is -1.69. The largest absolute Gasteiger partial charge is 0.393 e. The van der Waals surface area contributed by atoms with Gasteiger partial charge in [-0.15, -0.1) is 0 Å². The number of aromatic amines is 1. The van der Waals surface area contributed by atoms with Gasteiger partial charge in [0.15, 0.2) is 12.4 Å². The average molecular weight is 288 g/mol. The van der Waals surface area contributed by atoms with Crippen LogP contribution in [0.1, 0.15) is 18.7 Å². The van der Waals surface area contributed by atoms with Crippen molar-refractivity contribution in [3.05, 3.63) is 32.6 Å². The third kappa shape index (κ3) is 2.09. The predicted molar refractivity (Wildman–Crippen MR) is 67.1 cm³/mol. The van der Waals surface area contributed by atoms with Crippen LogP contribution in [0.4, 0.5) is 4.39 Å². The van der Waals surface area contributed by atoms with Gasteiger partial charge in [0.2, 0.25) is 0 Å². The molecule has 2 heterocycles. The second kappa shape index (κ2) is 5.12. The van der Waals surface area contributed by atoms with Gasteiger partial charge in [0.05, 0.1) is 13.2 Å². The number of H-pyrrole nitrogens is 1. The van der Waals surface area contributed by atoms with Crippen molar-refractivity contribution >= 4 is 0 Å². The normalized spacial score (nSPS) is 28.8. The summed E-state index contributed by atoms with van der Waals surface area (Å²) in [5, 5.41) is 18.7. The van der Waals surface area contributed by atoms with Crippen LogP contribution in [0, 0.1) is 12.8 Å². The Bertz CT molecular complexity index is 607. The van der Waals surface area contributed by atoms with E-state index >= 15 is 0 Å².